The van der Waals surface area contributed by atoms with Gasteiger partial charge in [-0.05, 0) is 44.2 Å². The molecule has 1 aromatic rings. The molecule has 0 bridgehead atoms. The van der Waals surface area contributed by atoms with Gasteiger partial charge in [0.15, 0.2) is 0 Å². The van der Waals surface area contributed by atoms with Crippen LogP contribution in [0.15, 0.2) is 17.5 Å². The van der Waals surface area contributed by atoms with Crippen molar-refractivity contribution in [2.45, 2.75) is 46.7 Å². The van der Waals surface area contributed by atoms with Crippen LogP contribution in [-0.2, 0) is 6.54 Å². The van der Waals surface area contributed by atoms with Crippen LogP contribution in [0.5, 0.6) is 0 Å². The second kappa shape index (κ2) is 7.27. The van der Waals surface area contributed by atoms with Gasteiger partial charge in [-0.1, -0.05) is 19.9 Å². The van der Waals surface area contributed by atoms with E-state index in [-0.39, 0.29) is 0 Å². The van der Waals surface area contributed by atoms with Crippen molar-refractivity contribution in [1.29, 1.82) is 0 Å². The smallest absolute Gasteiger partial charge is 0.0330 e. The molecule has 1 atom stereocenters. The zero-order valence-corrected chi connectivity index (χ0v) is 13.3. The molecule has 0 aliphatic carbocycles. The number of thiophene rings is 1. The van der Waals surface area contributed by atoms with E-state index in [9.17, 15) is 0 Å². The molecule has 18 heavy (non-hydrogen) atoms. The average molecular weight is 268 g/mol. The maximum Gasteiger partial charge on any atom is 0.0330 e. The monoisotopic (exact) mass is 268 g/mol. The third-order valence-electron chi connectivity index (χ3n) is 3.71. The lowest BCUT2D eigenvalue weighted by atomic mass is 9.86. The SMILES string of the molecule is CCC(C)(CNC)CN(Cc1cccs1)C(C)C. The largest absolute Gasteiger partial charge is 0.319 e. The lowest BCUT2D eigenvalue weighted by Crippen LogP contribution is -2.43. The maximum atomic E-state index is 3.34. The predicted molar refractivity (Wildman–Crippen MR) is 82.2 cm³/mol. The fourth-order valence-corrected chi connectivity index (χ4v) is 2.96. The molecular weight excluding hydrogens is 240 g/mol. The zero-order valence-electron chi connectivity index (χ0n) is 12.5. The van der Waals surface area contributed by atoms with E-state index in [1.54, 1.807) is 0 Å². The number of nitrogens with one attached hydrogen (secondary N) is 1. The highest BCUT2D eigenvalue weighted by molar-refractivity contribution is 7.09. The highest BCUT2D eigenvalue weighted by atomic mass is 32.1. The second-order valence-corrected chi connectivity index (χ2v) is 6.80. The van der Waals surface area contributed by atoms with Crippen molar-refractivity contribution in [2.24, 2.45) is 5.41 Å². The third-order valence-corrected chi connectivity index (χ3v) is 4.57. The van der Waals surface area contributed by atoms with Crippen molar-refractivity contribution in [3.8, 4) is 0 Å². The Morgan fingerprint density at radius 3 is 2.61 bits per heavy atom. The zero-order chi connectivity index (χ0) is 13.6. The van der Waals surface area contributed by atoms with E-state index in [1.165, 1.54) is 11.3 Å². The summed E-state index contributed by atoms with van der Waals surface area (Å²) in [5, 5.41) is 5.51. The minimum Gasteiger partial charge on any atom is -0.319 e. The van der Waals surface area contributed by atoms with Crippen LogP contribution >= 0.6 is 11.3 Å². The lowest BCUT2D eigenvalue weighted by molar-refractivity contribution is 0.122. The molecule has 0 amide bonds. The van der Waals surface area contributed by atoms with Crippen molar-refractivity contribution >= 4 is 11.3 Å². The first kappa shape index (κ1) is 15.7. The summed E-state index contributed by atoms with van der Waals surface area (Å²) in [6.45, 7) is 12.6. The van der Waals surface area contributed by atoms with Crippen molar-refractivity contribution in [1.82, 2.24) is 10.2 Å². The van der Waals surface area contributed by atoms with Crippen LogP contribution in [0.2, 0.25) is 0 Å². The molecule has 1 unspecified atom stereocenters. The van der Waals surface area contributed by atoms with Gasteiger partial charge < -0.3 is 5.32 Å². The quantitative estimate of drug-likeness (QED) is 0.775. The number of rotatable bonds is 8. The molecular formula is C15H28N2S. The summed E-state index contributed by atoms with van der Waals surface area (Å²) in [6.07, 6.45) is 1.21. The molecule has 0 aliphatic rings. The van der Waals surface area contributed by atoms with E-state index in [0.717, 1.165) is 19.6 Å². The van der Waals surface area contributed by atoms with Gasteiger partial charge in [0, 0.05) is 30.6 Å². The summed E-state index contributed by atoms with van der Waals surface area (Å²) in [7, 11) is 2.05. The molecule has 1 N–H and O–H groups in total. The first-order valence-corrected chi connectivity index (χ1v) is 7.80. The molecule has 1 aromatic heterocycles. The number of nitrogens with zero attached hydrogens (tertiary/aromatic N) is 1. The maximum absolute atomic E-state index is 3.34. The molecule has 1 rings (SSSR count). The number of hydrogen-bond acceptors (Lipinski definition) is 3. The summed E-state index contributed by atoms with van der Waals surface area (Å²) in [5.41, 5.74) is 0.357. The van der Waals surface area contributed by atoms with Crippen LogP contribution < -0.4 is 5.32 Å². The predicted octanol–water partition coefficient (Wildman–Crippen LogP) is 3.59. The summed E-state index contributed by atoms with van der Waals surface area (Å²) < 4.78 is 0. The van der Waals surface area contributed by atoms with Crippen molar-refractivity contribution in [3.05, 3.63) is 22.4 Å². The van der Waals surface area contributed by atoms with E-state index in [1.807, 2.05) is 18.4 Å². The van der Waals surface area contributed by atoms with Crippen molar-refractivity contribution in [3.63, 3.8) is 0 Å². The molecule has 0 saturated heterocycles. The van der Waals surface area contributed by atoms with Crippen molar-refractivity contribution in [2.75, 3.05) is 20.1 Å². The van der Waals surface area contributed by atoms with Crippen LogP contribution in [-0.4, -0.2) is 31.1 Å². The average Bonchev–Trinajstić information content (AvgIpc) is 2.81. The van der Waals surface area contributed by atoms with Crippen LogP contribution in [0, 0.1) is 5.41 Å². The second-order valence-electron chi connectivity index (χ2n) is 5.77. The van der Waals surface area contributed by atoms with Gasteiger partial charge in [-0.3, -0.25) is 4.90 Å². The van der Waals surface area contributed by atoms with Crippen LogP contribution in [0.3, 0.4) is 0 Å². The molecule has 2 nitrogen and oxygen atoms in total. The Bertz CT molecular complexity index is 321. The minimum atomic E-state index is 0.357. The summed E-state index contributed by atoms with van der Waals surface area (Å²) >= 11 is 1.86. The van der Waals surface area contributed by atoms with Gasteiger partial charge in [0.2, 0.25) is 0 Å². The molecule has 3 heteroatoms. The molecule has 104 valence electrons. The highest BCUT2D eigenvalue weighted by Crippen LogP contribution is 2.24. The molecule has 0 radical (unpaired) electrons. The van der Waals surface area contributed by atoms with E-state index < -0.39 is 0 Å². The number of hydrogen-bond donors (Lipinski definition) is 1. The molecule has 0 fully saturated rings. The Morgan fingerprint density at radius 1 is 1.44 bits per heavy atom. The topological polar surface area (TPSA) is 15.3 Å². The van der Waals surface area contributed by atoms with Crippen LogP contribution in [0.1, 0.15) is 39.0 Å². The molecule has 0 aliphatic heterocycles. The first-order chi connectivity index (χ1) is 8.50. The minimum absolute atomic E-state index is 0.357. The lowest BCUT2D eigenvalue weighted by Gasteiger charge is -2.37. The first-order valence-electron chi connectivity index (χ1n) is 6.92. The Hall–Kier alpha value is -0.380. The van der Waals surface area contributed by atoms with Gasteiger partial charge >= 0.3 is 0 Å². The summed E-state index contributed by atoms with van der Waals surface area (Å²) in [6, 6.07) is 4.97. The summed E-state index contributed by atoms with van der Waals surface area (Å²) in [4.78, 5) is 4.05. The van der Waals surface area contributed by atoms with Gasteiger partial charge in [-0.25, -0.2) is 0 Å². The fraction of sp³-hybridized carbons (Fsp3) is 0.733. The standard InChI is InChI=1S/C15H28N2S/c1-6-15(4,11-16-5)12-17(13(2)3)10-14-8-7-9-18-14/h7-9,13,16H,6,10-12H2,1-5H3. The van der Waals surface area contributed by atoms with Gasteiger partial charge in [-0.2, -0.15) is 0 Å². The van der Waals surface area contributed by atoms with Gasteiger partial charge in [0.1, 0.15) is 0 Å². The van der Waals surface area contributed by atoms with Crippen LogP contribution in [0.25, 0.3) is 0 Å². The Balaban J connectivity index is 2.67. The van der Waals surface area contributed by atoms with Gasteiger partial charge in [-0.15, -0.1) is 11.3 Å². The third kappa shape index (κ3) is 4.71. The highest BCUT2D eigenvalue weighted by Gasteiger charge is 2.26. The Morgan fingerprint density at radius 2 is 2.17 bits per heavy atom. The molecule has 0 spiro atoms. The van der Waals surface area contributed by atoms with Gasteiger partial charge in [0.05, 0.1) is 0 Å². The van der Waals surface area contributed by atoms with E-state index >= 15 is 0 Å². The molecule has 1 heterocycles. The summed E-state index contributed by atoms with van der Waals surface area (Å²) in [5.74, 6) is 0. The molecule has 0 saturated carbocycles. The fourth-order valence-electron chi connectivity index (χ4n) is 2.23. The Labute approximate surface area is 116 Å². The Kier molecular flexibility index (Phi) is 6.33. The van der Waals surface area contributed by atoms with E-state index in [0.29, 0.717) is 11.5 Å². The van der Waals surface area contributed by atoms with E-state index in [2.05, 4.69) is 55.4 Å². The normalized spacial score (nSPS) is 15.3. The molecule has 0 aromatic carbocycles. The van der Waals surface area contributed by atoms with Crippen molar-refractivity contribution < 1.29 is 0 Å². The van der Waals surface area contributed by atoms with Crippen LogP contribution in [0.4, 0.5) is 0 Å². The van der Waals surface area contributed by atoms with E-state index in [4.69, 9.17) is 0 Å². The van der Waals surface area contributed by atoms with Gasteiger partial charge in [0.25, 0.3) is 0 Å².